The molecule has 1 heterocycles. The van der Waals surface area contributed by atoms with Crippen LogP contribution in [-0.4, -0.2) is 33.4 Å². The lowest BCUT2D eigenvalue weighted by Gasteiger charge is -2.57. The molecular weight excluding hydrogens is 384 g/mol. The fraction of sp³-hybridized carbons (Fsp3) is 0.591. The van der Waals surface area contributed by atoms with Crippen LogP contribution in [0.4, 0.5) is 9.59 Å². The Morgan fingerprint density at radius 3 is 2.43 bits per heavy atom. The van der Waals surface area contributed by atoms with Gasteiger partial charge in [0, 0.05) is 0 Å². The van der Waals surface area contributed by atoms with Crippen molar-refractivity contribution >= 4 is 23.2 Å². The van der Waals surface area contributed by atoms with E-state index in [4.69, 9.17) is 10.5 Å². The fourth-order valence-electron chi connectivity index (χ4n) is 6.76. The normalized spacial score (nSPS) is 31.4. The molecule has 2 atom stereocenters. The van der Waals surface area contributed by atoms with Gasteiger partial charge in [0.1, 0.15) is 18.0 Å². The highest BCUT2D eigenvalue weighted by Gasteiger charge is 2.51. The Morgan fingerprint density at radius 2 is 1.87 bits per heavy atom. The van der Waals surface area contributed by atoms with Crippen molar-refractivity contribution < 1.29 is 19.4 Å². The maximum absolute atomic E-state index is 11.3. The number of benzene rings is 1. The summed E-state index contributed by atoms with van der Waals surface area (Å²) in [6.45, 7) is 1.58. The van der Waals surface area contributed by atoms with Crippen molar-refractivity contribution in [1.82, 2.24) is 15.3 Å². The first-order valence-electron chi connectivity index (χ1n) is 10.8. The molecule has 8 heteroatoms. The lowest BCUT2D eigenvalue weighted by atomic mass is 9.48. The summed E-state index contributed by atoms with van der Waals surface area (Å²) in [5.41, 5.74) is 8.40. The summed E-state index contributed by atoms with van der Waals surface area (Å²) in [6, 6.07) is 5.56. The number of carbonyl (C=O) groups is 2. The summed E-state index contributed by atoms with van der Waals surface area (Å²) < 4.78 is 5.01. The number of amides is 2. The van der Waals surface area contributed by atoms with Crippen LogP contribution < -0.4 is 11.1 Å². The number of primary amides is 1. The van der Waals surface area contributed by atoms with Crippen molar-refractivity contribution in [3.05, 3.63) is 29.6 Å². The zero-order valence-electron chi connectivity index (χ0n) is 17.1. The smallest absolute Gasteiger partial charge is 0.405 e. The summed E-state index contributed by atoms with van der Waals surface area (Å²) in [5, 5.41) is 11.6. The molecule has 2 aromatic rings. The van der Waals surface area contributed by atoms with Gasteiger partial charge in [-0.05, 0) is 86.3 Å². The number of carbonyl (C=O) groups excluding carboxylic acids is 1. The van der Waals surface area contributed by atoms with E-state index in [1.165, 1.54) is 44.1 Å². The molecule has 6 rings (SSSR count). The summed E-state index contributed by atoms with van der Waals surface area (Å²) in [4.78, 5) is 30.3. The van der Waals surface area contributed by atoms with Crippen molar-refractivity contribution in [3.8, 4) is 0 Å². The largest absolute Gasteiger partial charge is 0.465 e. The van der Waals surface area contributed by atoms with Crippen LogP contribution in [0, 0.1) is 17.8 Å². The second-order valence-electron chi connectivity index (χ2n) is 9.62. The van der Waals surface area contributed by atoms with Crippen molar-refractivity contribution in [2.24, 2.45) is 23.5 Å². The zero-order valence-corrected chi connectivity index (χ0v) is 17.1. The first-order valence-corrected chi connectivity index (χ1v) is 10.8. The van der Waals surface area contributed by atoms with Gasteiger partial charge in [0.25, 0.3) is 0 Å². The molecule has 4 bridgehead atoms. The predicted molar refractivity (Wildman–Crippen MR) is 110 cm³/mol. The Hall–Kier alpha value is -2.77. The van der Waals surface area contributed by atoms with Crippen molar-refractivity contribution in [1.29, 1.82) is 0 Å². The second-order valence-corrected chi connectivity index (χ2v) is 9.62. The number of rotatable bonds is 5. The highest BCUT2D eigenvalue weighted by Crippen LogP contribution is 2.60. The molecule has 160 valence electrons. The molecule has 4 saturated carbocycles. The number of nitrogens with one attached hydrogen (secondary N) is 2. The number of aromatic nitrogens is 2. The Kier molecular flexibility index (Phi) is 4.41. The van der Waals surface area contributed by atoms with Crippen LogP contribution in [0.1, 0.15) is 62.9 Å². The third-order valence-corrected chi connectivity index (χ3v) is 7.50. The Labute approximate surface area is 174 Å². The maximum Gasteiger partial charge on any atom is 0.405 e. The van der Waals surface area contributed by atoms with Gasteiger partial charge in [0.05, 0.1) is 11.0 Å². The quantitative estimate of drug-likeness (QED) is 0.593. The van der Waals surface area contributed by atoms with Gasteiger partial charge in [-0.2, -0.15) is 0 Å². The van der Waals surface area contributed by atoms with E-state index in [9.17, 15) is 14.7 Å². The van der Waals surface area contributed by atoms with Gasteiger partial charge < -0.3 is 25.9 Å². The first kappa shape index (κ1) is 19.2. The number of imidazole rings is 1. The molecule has 4 fully saturated rings. The molecule has 0 aliphatic heterocycles. The number of aromatic amines is 1. The van der Waals surface area contributed by atoms with E-state index in [1.807, 2.05) is 6.07 Å². The van der Waals surface area contributed by atoms with E-state index in [1.54, 1.807) is 6.92 Å². The summed E-state index contributed by atoms with van der Waals surface area (Å²) >= 11 is 0. The molecule has 30 heavy (non-hydrogen) atoms. The molecule has 4 aliphatic rings. The number of ether oxygens (including phenoxy) is 1. The number of hydrogen-bond acceptors (Lipinski definition) is 4. The first-order chi connectivity index (χ1) is 14.3. The van der Waals surface area contributed by atoms with Gasteiger partial charge in [0.2, 0.25) is 0 Å². The second kappa shape index (κ2) is 6.89. The Bertz CT molecular complexity index is 965. The number of hydrogen-bond donors (Lipinski definition) is 4. The van der Waals surface area contributed by atoms with Crippen LogP contribution in [0.2, 0.25) is 0 Å². The highest BCUT2D eigenvalue weighted by molar-refractivity contribution is 5.77. The monoisotopic (exact) mass is 412 g/mol. The van der Waals surface area contributed by atoms with E-state index < -0.39 is 24.3 Å². The van der Waals surface area contributed by atoms with Gasteiger partial charge in [-0.1, -0.05) is 6.07 Å². The molecular formula is C22H28N4O4. The Morgan fingerprint density at radius 1 is 1.23 bits per heavy atom. The van der Waals surface area contributed by atoms with Crippen LogP contribution in [-0.2, 0) is 10.2 Å². The van der Waals surface area contributed by atoms with Gasteiger partial charge >= 0.3 is 12.2 Å². The molecule has 5 N–H and O–H groups in total. The van der Waals surface area contributed by atoms with E-state index in [-0.39, 0.29) is 5.41 Å². The number of fused-ring (bicyclic) bond motifs is 1. The van der Waals surface area contributed by atoms with Crippen LogP contribution >= 0.6 is 0 Å². The number of carboxylic acid groups (broad SMARTS) is 1. The summed E-state index contributed by atoms with van der Waals surface area (Å²) in [6.07, 6.45) is 5.03. The van der Waals surface area contributed by atoms with E-state index in [0.29, 0.717) is 5.82 Å². The minimum absolute atomic E-state index is 0.273. The zero-order chi connectivity index (χ0) is 21.0. The molecule has 1 aromatic carbocycles. The Balaban J connectivity index is 1.47. The topological polar surface area (TPSA) is 130 Å². The van der Waals surface area contributed by atoms with E-state index in [0.717, 1.165) is 28.8 Å². The molecule has 2 amide bonds. The van der Waals surface area contributed by atoms with E-state index in [2.05, 4.69) is 27.4 Å². The van der Waals surface area contributed by atoms with Crippen molar-refractivity contribution in [3.63, 3.8) is 0 Å². The van der Waals surface area contributed by atoms with Gasteiger partial charge in [-0.25, -0.2) is 14.6 Å². The molecule has 8 nitrogen and oxygen atoms in total. The molecule has 0 unspecified atom stereocenters. The third kappa shape index (κ3) is 3.28. The molecule has 0 spiro atoms. The lowest BCUT2D eigenvalue weighted by Crippen LogP contribution is -2.48. The van der Waals surface area contributed by atoms with E-state index >= 15 is 0 Å². The molecule has 4 aliphatic carbocycles. The van der Waals surface area contributed by atoms with Gasteiger partial charge in [-0.3, -0.25) is 0 Å². The van der Waals surface area contributed by atoms with Crippen molar-refractivity contribution in [2.45, 2.75) is 63.0 Å². The van der Waals surface area contributed by atoms with Gasteiger partial charge in [0.15, 0.2) is 0 Å². The minimum Gasteiger partial charge on any atom is -0.465 e. The lowest BCUT2D eigenvalue weighted by molar-refractivity contribution is -0.00513. The average molecular weight is 412 g/mol. The fourth-order valence-corrected chi connectivity index (χ4v) is 6.76. The number of H-pyrrole nitrogens is 1. The summed E-state index contributed by atoms with van der Waals surface area (Å²) in [7, 11) is 0. The third-order valence-electron chi connectivity index (χ3n) is 7.50. The predicted octanol–water partition coefficient (Wildman–Crippen LogP) is 3.82. The standard InChI is InChI=1S/C22H28N4O4/c1-11(30-20(23)27)18(26-21(28)29)19-24-16-3-2-15(7-17(16)25-19)22-8-12-4-13(9-22)6-14(5-12)10-22/h2-3,7,11-14,18,26H,4-6,8-10H2,1H3,(H2,23,27)(H,24,25)(H,28,29)/t11-,12?,13?,14?,18-,22?/m0/s1. The molecule has 1 aromatic heterocycles. The van der Waals surface area contributed by atoms with Crippen molar-refractivity contribution in [2.75, 3.05) is 0 Å². The van der Waals surface area contributed by atoms with Crippen LogP contribution in [0.15, 0.2) is 18.2 Å². The summed E-state index contributed by atoms with van der Waals surface area (Å²) in [5.74, 6) is 2.99. The van der Waals surface area contributed by atoms with Crippen LogP contribution in [0.3, 0.4) is 0 Å². The highest BCUT2D eigenvalue weighted by atomic mass is 16.6. The average Bonchev–Trinajstić information content (AvgIpc) is 3.07. The molecule has 0 saturated heterocycles. The SMILES string of the molecule is C[C@H](OC(N)=O)[C@H](NC(=O)O)c1nc2ccc(C34CC5CC(CC(C5)C3)C4)cc2[nH]1. The van der Waals surface area contributed by atoms with Gasteiger partial charge in [-0.15, -0.1) is 0 Å². The van der Waals surface area contributed by atoms with Crippen LogP contribution in [0.5, 0.6) is 0 Å². The number of nitrogens with zero attached hydrogens (tertiary/aromatic N) is 1. The van der Waals surface area contributed by atoms with Crippen LogP contribution in [0.25, 0.3) is 11.0 Å². The maximum atomic E-state index is 11.3. The molecule has 0 radical (unpaired) electrons. The number of nitrogens with two attached hydrogens (primary N) is 1. The minimum atomic E-state index is -1.23.